The molecule has 2 atom stereocenters. The topological polar surface area (TPSA) is 196 Å². The number of ether oxygens (including phenoxy) is 1. The van der Waals surface area contributed by atoms with Crippen molar-refractivity contribution in [1.82, 2.24) is 40.6 Å². The molecule has 0 aliphatic rings. The van der Waals surface area contributed by atoms with Crippen molar-refractivity contribution in [2.24, 2.45) is 0 Å². The van der Waals surface area contributed by atoms with Crippen LogP contribution in [0.1, 0.15) is 43.3 Å². The number of aliphatic hydroxyl groups is 1. The predicted octanol–water partition coefficient (Wildman–Crippen LogP) is 21.8. The fourth-order valence-electron chi connectivity index (χ4n) is 12.2. The minimum absolute atomic E-state index is 0.0231. The summed E-state index contributed by atoms with van der Waals surface area (Å²) in [5.74, 6) is 3.73. The van der Waals surface area contributed by atoms with Crippen LogP contribution < -0.4 is 4.74 Å². The van der Waals surface area contributed by atoms with E-state index in [0.29, 0.717) is 42.9 Å². The molecule has 5 heterocycles. The van der Waals surface area contributed by atoms with Crippen molar-refractivity contribution in [2.75, 3.05) is 7.11 Å². The summed E-state index contributed by atoms with van der Waals surface area (Å²) in [6.07, 6.45) is 0. The average Bonchev–Trinajstić information content (AvgIpc) is 1.61. The van der Waals surface area contributed by atoms with Crippen LogP contribution in [-0.2, 0) is 12.0 Å². The van der Waals surface area contributed by atoms with Gasteiger partial charge in [0.25, 0.3) is 0 Å². The molecule has 540 valence electrons. The normalized spacial score (nSPS) is 10.9. The van der Waals surface area contributed by atoms with Gasteiger partial charge < -0.3 is 23.1 Å². The first kappa shape index (κ1) is 76.3. The van der Waals surface area contributed by atoms with Crippen LogP contribution in [0, 0.1) is 19.2 Å². The first-order chi connectivity index (χ1) is 55.1. The predicted molar refractivity (Wildman–Crippen MR) is 464 cm³/mol. The quantitative estimate of drug-likeness (QED) is 0.0706. The molecule has 0 aliphatic heterocycles. The average molecular weight is 1480 g/mol. The van der Waals surface area contributed by atoms with E-state index < -0.39 is 0 Å². The molecule has 0 amide bonds. The third-order valence-electron chi connectivity index (χ3n) is 17.4. The number of benzene rings is 12. The van der Waals surface area contributed by atoms with Gasteiger partial charge >= 0.3 is 14.3 Å². The minimum atomic E-state index is -0.167. The van der Waals surface area contributed by atoms with Crippen molar-refractivity contribution < 1.29 is 23.1 Å². The van der Waals surface area contributed by atoms with Gasteiger partial charge in [-0.25, -0.2) is 0 Å². The Balaban J connectivity index is 0.000000153. The first-order valence-electron chi connectivity index (χ1n) is 37.0. The zero-order valence-electron chi connectivity index (χ0n) is 65.5. The third kappa shape index (κ3) is 20.1. The van der Waals surface area contributed by atoms with Gasteiger partial charge in [0, 0.05) is 56.8 Å². The smallest absolute Gasteiger partial charge is 0.248 e. The van der Waals surface area contributed by atoms with E-state index in [-0.39, 0.29) is 21.1 Å². The maximum atomic E-state index is 9.17. The molecule has 2 N–H and O–H groups in total. The molecule has 0 fully saturated rings. The maximum absolute atomic E-state index is 9.17. The molecule has 14 nitrogen and oxygen atoms in total. The fourth-order valence-corrected chi connectivity index (χ4v) is 12.2. The van der Waals surface area contributed by atoms with Crippen LogP contribution in [0.5, 0.6) is 5.75 Å². The van der Waals surface area contributed by atoms with Crippen molar-refractivity contribution in [2.45, 2.75) is 60.3 Å². The van der Waals surface area contributed by atoms with Gasteiger partial charge in [-0.3, -0.25) is 9.97 Å². The van der Waals surface area contributed by atoms with Crippen LogP contribution in [0.15, 0.2) is 311 Å². The number of aliphatic hydroxyl groups excluding tert-OH is 1. The number of hydrogen-bond acceptors (Lipinski definition) is 14. The maximum Gasteiger partial charge on any atom is 0.248 e. The largest absolute Gasteiger partial charge is 0.416 e. The molecule has 0 aliphatic carbocycles. The summed E-state index contributed by atoms with van der Waals surface area (Å²) in [6, 6.07) is 100.0. The van der Waals surface area contributed by atoms with Crippen LogP contribution in [0.2, 0.25) is 13.6 Å². The number of aromatic nitrogens is 8. The molecule has 17 rings (SSSR count). The number of methoxy groups -OCH3 is 1. The first-order valence-corrected chi connectivity index (χ1v) is 36.6. The summed E-state index contributed by atoms with van der Waals surface area (Å²) in [7, 11) is 10.2. The van der Waals surface area contributed by atoms with Gasteiger partial charge in [-0.05, 0) is 166 Å². The number of pyridine rings is 2. The Morgan fingerprint density at radius 3 is 1.22 bits per heavy atom. The van der Waals surface area contributed by atoms with Crippen molar-refractivity contribution >= 4 is 91.5 Å². The summed E-state index contributed by atoms with van der Waals surface area (Å²) >= 11 is 0. The molecule has 5 aromatic heterocycles. The van der Waals surface area contributed by atoms with E-state index in [0.717, 1.165) is 105 Å². The zero-order chi connectivity index (χ0) is 80.1. The van der Waals surface area contributed by atoms with Crippen LogP contribution in [-0.4, -0.2) is 86.7 Å². The molecule has 0 spiro atoms. The Labute approximate surface area is 655 Å². The molecule has 20 heteroatoms. The Bertz CT molecular complexity index is 5600. The Morgan fingerprint density at radius 2 is 0.782 bits per heavy atom. The van der Waals surface area contributed by atoms with Gasteiger partial charge in [-0.15, -0.1) is 30.6 Å². The summed E-state index contributed by atoms with van der Waals surface area (Å²) < 4.78 is 40.7. The second-order valence-corrected chi connectivity index (χ2v) is 26.4. The van der Waals surface area contributed by atoms with E-state index in [4.69, 9.17) is 42.3 Å². The van der Waals surface area contributed by atoms with Crippen LogP contribution >= 0.6 is 18.2 Å². The van der Waals surface area contributed by atoms with E-state index >= 15 is 0 Å². The Morgan fingerprint density at radius 1 is 0.445 bits per heavy atom. The van der Waals surface area contributed by atoms with Crippen molar-refractivity contribution in [3.8, 4) is 108 Å². The van der Waals surface area contributed by atoms with Crippen molar-refractivity contribution in [1.29, 1.82) is 9.26 Å². The third-order valence-corrected chi connectivity index (χ3v) is 17.4. The molecular weight excluding hydrogens is 1390 g/mol. The summed E-state index contributed by atoms with van der Waals surface area (Å²) in [4.78, 5) is 9.81. The number of rotatable bonds is 11. The number of hydrogen-bond donors (Lipinski definition) is 2. The van der Waals surface area contributed by atoms with E-state index in [1.807, 2.05) is 165 Å². The van der Waals surface area contributed by atoms with Crippen molar-refractivity contribution in [3.63, 3.8) is 0 Å². The van der Waals surface area contributed by atoms with Gasteiger partial charge in [0.1, 0.15) is 12.7 Å². The number of nitrogens with zero attached hydrogens (tertiary/aromatic N) is 8. The van der Waals surface area contributed by atoms with Gasteiger partial charge in [-0.2, -0.15) is 18.2 Å². The summed E-state index contributed by atoms with van der Waals surface area (Å²) in [5.41, 5.74) is 18.7. The molecule has 17 aromatic rings. The SMILES string of the molecule is CC(C)(C)c1ccc(-c2nnc(-c3ccc(-c4ccccc4)cc3)o2)cc1.COc1cccc(-c2nnc(-c3cccc(CO)c3)o2)c1.C[B]P.Cc1cc(-c2ccccc2)c2ccc3c(-c4ccccc4)cc(C)nc3c2n1.[2H]B=N.[2H]P[B].[2H][B]C.c1ccc2c(-c3nnc(-c4cccc5ccccc45)o3)cccc2c1. The van der Waals surface area contributed by atoms with Gasteiger partial charge in [-0.1, -0.05) is 253 Å². The van der Waals surface area contributed by atoms with E-state index in [9.17, 15) is 0 Å². The molecule has 2 unspecified atom stereocenters. The summed E-state index contributed by atoms with van der Waals surface area (Å²) in [6.45, 7) is 16.2. The molecule has 110 heavy (non-hydrogen) atoms. The Kier molecular flexibility index (Phi) is 27.6. The number of nitrogens with one attached hydrogen (secondary N) is 1. The van der Waals surface area contributed by atoms with Gasteiger partial charge in [0.05, 0.1) is 40.1 Å². The van der Waals surface area contributed by atoms with Gasteiger partial charge in [0.2, 0.25) is 35.3 Å². The van der Waals surface area contributed by atoms with Gasteiger partial charge in [0.15, 0.2) is 0 Å². The second-order valence-electron chi connectivity index (χ2n) is 25.7. The van der Waals surface area contributed by atoms with E-state index in [1.165, 1.54) is 41.2 Å². The second kappa shape index (κ2) is 39.8. The number of fused-ring (bicyclic) bond motifs is 5. The zero-order valence-corrected chi connectivity index (χ0v) is 64.7. The minimum Gasteiger partial charge on any atom is -0.416 e. The van der Waals surface area contributed by atoms with E-state index in [1.54, 1.807) is 13.9 Å². The van der Waals surface area contributed by atoms with Crippen LogP contribution in [0.4, 0.5) is 0 Å². The molecular formula is C90H83B4N9O5P2. The van der Waals surface area contributed by atoms with Crippen molar-refractivity contribution in [3.05, 3.63) is 320 Å². The molecule has 0 saturated carbocycles. The molecule has 0 saturated heterocycles. The standard InChI is InChI=1S/C26H20N2.C24H22N2O.C22H14N2O.C16H14N2O3.CH5BP.CH4B.BH2N.BH2P/c1-17-15-23(19-9-5-3-6-10-19)21-13-14-22-24(20-11-7-4-8-12-20)16-18(2)28-26(22)25(21)27-17;1-24(2,3)21-15-13-20(14-16-21)23-26-25-22(27-23)19-11-9-18(10-12-19)17-7-5-4-6-8-17;1-3-11-17-15(7-1)9-5-13-19(17)21-23-24-22(25-21)20-14-6-10-16-8-2-4-12-18(16)20;1-20-14-7-3-6-13(9-14)16-18-17-15(21-16)12-5-2-4-11(8-12)10-19;1-2-3;3*1-2/h3-16H,1-2H3;4-16H,1-3H3;1-14H;2-9,19H,10H2,1H3;3H2,1H3;2H,1H3;1-2H;2H2/i;;;;;2D;1D;2D. The molecule has 12 aromatic carbocycles. The van der Waals surface area contributed by atoms with E-state index in [2.05, 4.69) is 227 Å². The molecule has 4 radical (unpaired) electrons. The molecule has 0 bridgehead atoms. The Hall–Kier alpha value is -11.9. The number of aryl methyl sites for hydroxylation is 2. The fraction of sp³-hybridized carbons (Fsp3) is 0.111. The summed E-state index contributed by atoms with van der Waals surface area (Å²) in [5, 5.41) is 46.9. The monoisotopic (exact) mass is 1480 g/mol. The van der Waals surface area contributed by atoms with Crippen LogP contribution in [0.25, 0.3) is 145 Å². The van der Waals surface area contributed by atoms with Crippen LogP contribution in [0.3, 0.4) is 0 Å².